The summed E-state index contributed by atoms with van der Waals surface area (Å²) in [5.74, 6) is -0.173. The maximum atomic E-state index is 12.1. The van der Waals surface area contributed by atoms with Gasteiger partial charge >= 0.3 is 0 Å². The summed E-state index contributed by atoms with van der Waals surface area (Å²) in [5, 5.41) is 3.67. The van der Waals surface area contributed by atoms with E-state index in [1.165, 1.54) is 12.4 Å². The molecule has 114 valence electrons. The van der Waals surface area contributed by atoms with E-state index in [0.29, 0.717) is 10.7 Å². The first-order chi connectivity index (χ1) is 10.7. The summed E-state index contributed by atoms with van der Waals surface area (Å²) in [6, 6.07) is 2.06. The van der Waals surface area contributed by atoms with Gasteiger partial charge in [-0.3, -0.25) is 14.8 Å². The lowest BCUT2D eigenvalue weighted by Crippen LogP contribution is -2.45. The number of carbonyl (C=O) groups is 1. The summed E-state index contributed by atoms with van der Waals surface area (Å²) in [5.41, 5.74) is 1.34. The molecule has 1 amide bonds. The van der Waals surface area contributed by atoms with Crippen molar-refractivity contribution in [1.82, 2.24) is 20.3 Å². The molecule has 1 N–H and O–H groups in total. The Kier molecular flexibility index (Phi) is 4.48. The molecule has 0 aliphatic carbocycles. The highest BCUT2D eigenvalue weighted by Gasteiger charge is 2.22. The Morgan fingerprint density at radius 2 is 1.95 bits per heavy atom. The molecule has 0 bridgehead atoms. The first kappa shape index (κ1) is 14.7. The Bertz CT molecular complexity index is 643. The zero-order chi connectivity index (χ0) is 15.4. The molecule has 0 saturated carbocycles. The fourth-order valence-electron chi connectivity index (χ4n) is 2.56. The highest BCUT2D eigenvalue weighted by molar-refractivity contribution is 6.33. The Balaban J connectivity index is 1.56. The minimum absolute atomic E-state index is 0.145. The van der Waals surface area contributed by atoms with Crippen LogP contribution in [0, 0.1) is 0 Å². The number of hydrogen-bond acceptors (Lipinski definition) is 5. The number of aromatic nitrogens is 3. The molecule has 2 aromatic heterocycles. The number of hydrogen-bond donors (Lipinski definition) is 1. The van der Waals surface area contributed by atoms with Gasteiger partial charge in [0.25, 0.3) is 5.91 Å². The van der Waals surface area contributed by atoms with Crippen molar-refractivity contribution in [2.24, 2.45) is 0 Å². The van der Waals surface area contributed by atoms with Gasteiger partial charge in [-0.2, -0.15) is 0 Å². The second-order valence-corrected chi connectivity index (χ2v) is 5.56. The Morgan fingerprint density at radius 3 is 2.64 bits per heavy atom. The number of halogens is 1. The van der Waals surface area contributed by atoms with E-state index in [1.54, 1.807) is 18.6 Å². The average Bonchev–Trinajstić information content (AvgIpc) is 2.57. The minimum atomic E-state index is -0.173. The molecule has 1 saturated heterocycles. The van der Waals surface area contributed by atoms with E-state index in [4.69, 9.17) is 11.6 Å². The van der Waals surface area contributed by atoms with Crippen molar-refractivity contribution in [3.05, 3.63) is 47.8 Å². The fourth-order valence-corrected chi connectivity index (χ4v) is 2.80. The smallest absolute Gasteiger partial charge is 0.271 e. The van der Waals surface area contributed by atoms with Crippen LogP contribution in [0.4, 0.5) is 5.69 Å². The molecule has 3 heterocycles. The number of rotatable bonds is 3. The Labute approximate surface area is 133 Å². The van der Waals surface area contributed by atoms with Gasteiger partial charge in [-0.25, -0.2) is 4.98 Å². The van der Waals surface area contributed by atoms with Gasteiger partial charge in [-0.05, 0) is 18.9 Å². The number of nitrogens with zero attached hydrogens (tertiary/aromatic N) is 4. The van der Waals surface area contributed by atoms with Gasteiger partial charge in [0.1, 0.15) is 5.69 Å². The van der Waals surface area contributed by atoms with Gasteiger partial charge in [0.05, 0.1) is 16.9 Å². The van der Waals surface area contributed by atoms with E-state index >= 15 is 0 Å². The minimum Gasteiger partial charge on any atom is -0.370 e. The molecule has 7 heteroatoms. The van der Waals surface area contributed by atoms with Crippen LogP contribution >= 0.6 is 11.6 Å². The molecule has 1 aliphatic heterocycles. The number of nitrogens with one attached hydrogen (secondary N) is 1. The third-order valence-electron chi connectivity index (χ3n) is 3.72. The predicted molar refractivity (Wildman–Crippen MR) is 84.0 cm³/mol. The molecule has 1 aliphatic rings. The molecular weight excluding hydrogens is 302 g/mol. The standard InChI is InChI=1S/C15H16ClN5O/c16-12-9-17-4-1-14(12)21-7-2-11(3-8-21)20-15(22)13-10-18-5-6-19-13/h1,4-6,9-11H,2-3,7-8H2,(H,20,22). The van der Waals surface area contributed by atoms with E-state index < -0.39 is 0 Å². The van der Waals surface area contributed by atoms with Gasteiger partial charge in [0, 0.05) is 43.9 Å². The number of piperidine rings is 1. The van der Waals surface area contributed by atoms with Crippen molar-refractivity contribution < 1.29 is 4.79 Å². The van der Waals surface area contributed by atoms with Crippen LogP contribution in [-0.2, 0) is 0 Å². The van der Waals surface area contributed by atoms with Gasteiger partial charge in [-0.1, -0.05) is 11.6 Å². The lowest BCUT2D eigenvalue weighted by atomic mass is 10.0. The van der Waals surface area contributed by atoms with Crippen molar-refractivity contribution >= 4 is 23.2 Å². The quantitative estimate of drug-likeness (QED) is 0.936. The molecule has 0 spiro atoms. The molecule has 2 aromatic rings. The van der Waals surface area contributed by atoms with Crippen LogP contribution in [0.5, 0.6) is 0 Å². The number of anilines is 1. The van der Waals surface area contributed by atoms with Crippen LogP contribution < -0.4 is 10.2 Å². The summed E-state index contributed by atoms with van der Waals surface area (Å²) < 4.78 is 0. The van der Waals surface area contributed by atoms with Crippen molar-refractivity contribution in [1.29, 1.82) is 0 Å². The fraction of sp³-hybridized carbons (Fsp3) is 0.333. The predicted octanol–water partition coefficient (Wildman–Crippen LogP) is 1.92. The number of carbonyl (C=O) groups excluding carboxylic acids is 1. The maximum Gasteiger partial charge on any atom is 0.271 e. The number of amides is 1. The van der Waals surface area contributed by atoms with Gasteiger partial charge in [-0.15, -0.1) is 0 Å². The highest BCUT2D eigenvalue weighted by Crippen LogP contribution is 2.26. The molecule has 0 atom stereocenters. The summed E-state index contributed by atoms with van der Waals surface area (Å²) in [6.07, 6.45) is 9.66. The van der Waals surface area contributed by atoms with Crippen LogP contribution in [0.1, 0.15) is 23.3 Å². The van der Waals surface area contributed by atoms with Crippen molar-refractivity contribution in [2.75, 3.05) is 18.0 Å². The summed E-state index contributed by atoms with van der Waals surface area (Å²) >= 11 is 6.17. The van der Waals surface area contributed by atoms with Gasteiger partial charge in [0.2, 0.25) is 0 Å². The third kappa shape index (κ3) is 3.33. The van der Waals surface area contributed by atoms with Gasteiger partial charge < -0.3 is 10.2 Å². The lowest BCUT2D eigenvalue weighted by Gasteiger charge is -2.34. The second-order valence-electron chi connectivity index (χ2n) is 5.15. The highest BCUT2D eigenvalue weighted by atomic mass is 35.5. The Morgan fingerprint density at radius 1 is 1.18 bits per heavy atom. The lowest BCUT2D eigenvalue weighted by molar-refractivity contribution is 0.0925. The van der Waals surface area contributed by atoms with Crippen LogP contribution in [-0.4, -0.2) is 40.0 Å². The molecular formula is C15H16ClN5O. The zero-order valence-electron chi connectivity index (χ0n) is 11.9. The van der Waals surface area contributed by atoms with Crippen molar-refractivity contribution in [3.63, 3.8) is 0 Å². The van der Waals surface area contributed by atoms with Crippen LogP contribution in [0.25, 0.3) is 0 Å². The summed E-state index contributed by atoms with van der Waals surface area (Å²) in [7, 11) is 0. The molecule has 1 fully saturated rings. The topological polar surface area (TPSA) is 71.0 Å². The van der Waals surface area contributed by atoms with E-state index in [9.17, 15) is 4.79 Å². The van der Waals surface area contributed by atoms with E-state index in [2.05, 4.69) is 25.2 Å². The second kappa shape index (κ2) is 6.70. The number of pyridine rings is 1. The molecule has 22 heavy (non-hydrogen) atoms. The average molecular weight is 318 g/mol. The molecule has 6 nitrogen and oxygen atoms in total. The van der Waals surface area contributed by atoms with Gasteiger partial charge in [0.15, 0.2) is 0 Å². The SMILES string of the molecule is O=C(NC1CCN(c2ccncc2Cl)CC1)c1cnccn1. The molecule has 0 unspecified atom stereocenters. The van der Waals surface area contributed by atoms with Crippen molar-refractivity contribution in [3.8, 4) is 0 Å². The molecule has 0 radical (unpaired) electrons. The first-order valence-corrected chi connectivity index (χ1v) is 7.53. The first-order valence-electron chi connectivity index (χ1n) is 7.15. The Hall–Kier alpha value is -2.21. The van der Waals surface area contributed by atoms with E-state index in [-0.39, 0.29) is 11.9 Å². The summed E-state index contributed by atoms with van der Waals surface area (Å²) in [6.45, 7) is 1.68. The third-order valence-corrected chi connectivity index (χ3v) is 4.01. The zero-order valence-corrected chi connectivity index (χ0v) is 12.7. The van der Waals surface area contributed by atoms with E-state index in [0.717, 1.165) is 31.6 Å². The van der Waals surface area contributed by atoms with E-state index in [1.807, 2.05) is 6.07 Å². The largest absolute Gasteiger partial charge is 0.370 e. The van der Waals surface area contributed by atoms with Crippen LogP contribution in [0.15, 0.2) is 37.1 Å². The van der Waals surface area contributed by atoms with Crippen molar-refractivity contribution in [2.45, 2.75) is 18.9 Å². The normalized spacial score (nSPS) is 15.6. The maximum absolute atomic E-state index is 12.1. The van der Waals surface area contributed by atoms with Crippen LogP contribution in [0.3, 0.4) is 0 Å². The summed E-state index contributed by atoms with van der Waals surface area (Å²) in [4.78, 5) is 26.2. The molecule has 0 aromatic carbocycles. The monoisotopic (exact) mass is 317 g/mol. The van der Waals surface area contributed by atoms with Crippen LogP contribution in [0.2, 0.25) is 5.02 Å². The molecule has 3 rings (SSSR count).